The van der Waals surface area contributed by atoms with E-state index in [0.717, 1.165) is 6.54 Å². The van der Waals surface area contributed by atoms with Crippen LogP contribution in [0.1, 0.15) is 6.92 Å². The van der Waals surface area contributed by atoms with Crippen molar-refractivity contribution in [1.82, 2.24) is 10.6 Å². The molecule has 0 radical (unpaired) electrons. The number of carbonyl (C=O) groups is 2. The summed E-state index contributed by atoms with van der Waals surface area (Å²) in [4.78, 5) is 22.6. The number of rotatable bonds is 3. The van der Waals surface area contributed by atoms with Gasteiger partial charge in [0.2, 0.25) is 0 Å². The van der Waals surface area contributed by atoms with Crippen LogP contribution in [-0.4, -0.2) is 50.8 Å². The van der Waals surface area contributed by atoms with E-state index < -0.39 is 18.1 Å². The first kappa shape index (κ1) is 15.2. The molecule has 1 fully saturated rings. The van der Waals surface area contributed by atoms with Crippen LogP contribution in [0, 0.1) is 0 Å². The topological polar surface area (TPSA) is 76.7 Å². The molecule has 0 bridgehead atoms. The number of nitrogens with one attached hydrogen (secondary N) is 2. The molecule has 0 spiro atoms. The Kier molecular flexibility index (Phi) is 7.03. The Bertz CT molecular complexity index is 244. The van der Waals surface area contributed by atoms with Crippen LogP contribution in [0.2, 0.25) is 0 Å². The van der Waals surface area contributed by atoms with Crippen molar-refractivity contribution in [3.8, 4) is 0 Å². The summed E-state index contributed by atoms with van der Waals surface area (Å²) in [7, 11) is 1.28. The average molecular weight is 253 g/mol. The zero-order valence-corrected chi connectivity index (χ0v) is 10.1. The minimum atomic E-state index is -0.645. The Morgan fingerprint density at radius 2 is 2.25 bits per heavy atom. The number of halogens is 1. The third-order valence-corrected chi connectivity index (χ3v) is 2.13. The first-order valence-electron chi connectivity index (χ1n) is 4.85. The third-order valence-electron chi connectivity index (χ3n) is 2.13. The van der Waals surface area contributed by atoms with Gasteiger partial charge in [0.05, 0.1) is 13.7 Å². The number of morpholine rings is 1. The van der Waals surface area contributed by atoms with Crippen LogP contribution in [0.3, 0.4) is 0 Å². The number of ether oxygens (including phenoxy) is 2. The molecule has 1 heterocycles. The molecule has 1 unspecified atom stereocenters. The van der Waals surface area contributed by atoms with Crippen LogP contribution < -0.4 is 10.6 Å². The van der Waals surface area contributed by atoms with Crippen LogP contribution >= 0.6 is 12.4 Å². The van der Waals surface area contributed by atoms with Gasteiger partial charge < -0.3 is 20.1 Å². The Balaban J connectivity index is 0.00000225. The summed E-state index contributed by atoms with van der Waals surface area (Å²) in [6.45, 7) is 3.29. The molecule has 1 aliphatic heterocycles. The fourth-order valence-electron chi connectivity index (χ4n) is 1.28. The monoisotopic (exact) mass is 252 g/mol. The average Bonchev–Trinajstić information content (AvgIpc) is 2.29. The van der Waals surface area contributed by atoms with Crippen LogP contribution in [0.4, 0.5) is 0 Å². The van der Waals surface area contributed by atoms with Crippen LogP contribution in [0.5, 0.6) is 0 Å². The number of methoxy groups -OCH3 is 1. The van der Waals surface area contributed by atoms with Gasteiger partial charge in [-0.1, -0.05) is 0 Å². The Hall–Kier alpha value is -0.850. The largest absolute Gasteiger partial charge is 0.467 e. The lowest BCUT2D eigenvalue weighted by Crippen LogP contribution is -2.51. The molecule has 94 valence electrons. The number of amides is 1. The highest BCUT2D eigenvalue weighted by Gasteiger charge is 2.25. The second-order valence-corrected chi connectivity index (χ2v) is 3.32. The normalized spacial score (nSPS) is 21.5. The smallest absolute Gasteiger partial charge is 0.328 e. The summed E-state index contributed by atoms with van der Waals surface area (Å²) < 4.78 is 9.72. The Labute approximate surface area is 100 Å². The fourth-order valence-corrected chi connectivity index (χ4v) is 1.28. The van der Waals surface area contributed by atoms with Crippen molar-refractivity contribution in [1.29, 1.82) is 0 Å². The summed E-state index contributed by atoms with van der Waals surface area (Å²) in [5, 5.41) is 5.55. The molecule has 2 atom stereocenters. The van der Waals surface area contributed by atoms with E-state index in [2.05, 4.69) is 15.4 Å². The summed E-state index contributed by atoms with van der Waals surface area (Å²) in [6.07, 6.45) is -0.522. The fraction of sp³-hybridized carbons (Fsp3) is 0.778. The van der Waals surface area contributed by atoms with Gasteiger partial charge in [0.15, 0.2) is 0 Å². The van der Waals surface area contributed by atoms with Gasteiger partial charge >= 0.3 is 5.97 Å². The molecule has 0 aromatic carbocycles. The van der Waals surface area contributed by atoms with Gasteiger partial charge in [0.1, 0.15) is 12.1 Å². The molecule has 2 N–H and O–H groups in total. The molecular weight excluding hydrogens is 236 g/mol. The molecular formula is C9H17ClN2O4. The third kappa shape index (κ3) is 4.34. The molecule has 16 heavy (non-hydrogen) atoms. The Morgan fingerprint density at radius 3 is 2.75 bits per heavy atom. The molecule has 1 amide bonds. The SMILES string of the molecule is COC(=O)[C@@H](C)NC(=O)C1CNCCO1.Cl. The highest BCUT2D eigenvalue weighted by Crippen LogP contribution is 1.97. The van der Waals surface area contributed by atoms with Gasteiger partial charge in [-0.15, -0.1) is 12.4 Å². The second-order valence-electron chi connectivity index (χ2n) is 3.32. The van der Waals surface area contributed by atoms with E-state index in [1.807, 2.05) is 0 Å². The number of hydrogen-bond donors (Lipinski definition) is 2. The number of carbonyl (C=O) groups excluding carboxylic acids is 2. The molecule has 0 aromatic rings. The second kappa shape index (κ2) is 7.43. The lowest BCUT2D eigenvalue weighted by molar-refractivity contribution is -0.146. The zero-order chi connectivity index (χ0) is 11.3. The maximum Gasteiger partial charge on any atom is 0.328 e. The van der Waals surface area contributed by atoms with Gasteiger partial charge in [-0.25, -0.2) is 4.79 Å². The molecule has 0 aromatic heterocycles. The van der Waals surface area contributed by atoms with Gasteiger partial charge in [0, 0.05) is 13.1 Å². The highest BCUT2D eigenvalue weighted by molar-refractivity contribution is 5.86. The molecule has 0 saturated carbocycles. The summed E-state index contributed by atoms with van der Waals surface area (Å²) >= 11 is 0. The van der Waals surface area contributed by atoms with E-state index >= 15 is 0 Å². The van der Waals surface area contributed by atoms with Crippen LogP contribution in [0.15, 0.2) is 0 Å². The molecule has 1 rings (SSSR count). The van der Waals surface area contributed by atoms with E-state index in [1.165, 1.54) is 7.11 Å². The first-order chi connectivity index (χ1) is 7.15. The number of esters is 1. The maximum absolute atomic E-state index is 11.5. The lowest BCUT2D eigenvalue weighted by atomic mass is 10.2. The van der Waals surface area contributed by atoms with E-state index in [9.17, 15) is 9.59 Å². The zero-order valence-electron chi connectivity index (χ0n) is 9.32. The lowest BCUT2D eigenvalue weighted by Gasteiger charge is -2.23. The van der Waals surface area contributed by atoms with Gasteiger partial charge in [-0.2, -0.15) is 0 Å². The van der Waals surface area contributed by atoms with Gasteiger partial charge in [0.25, 0.3) is 5.91 Å². The van der Waals surface area contributed by atoms with Crippen molar-refractivity contribution in [3.63, 3.8) is 0 Å². The minimum Gasteiger partial charge on any atom is -0.467 e. The maximum atomic E-state index is 11.5. The van der Waals surface area contributed by atoms with Gasteiger partial charge in [-0.05, 0) is 6.92 Å². The van der Waals surface area contributed by atoms with E-state index in [0.29, 0.717) is 13.2 Å². The van der Waals surface area contributed by atoms with Crippen LogP contribution in [0.25, 0.3) is 0 Å². The summed E-state index contributed by atoms with van der Waals surface area (Å²) in [5.74, 6) is -0.757. The summed E-state index contributed by atoms with van der Waals surface area (Å²) in [6, 6.07) is -0.645. The molecule has 7 heteroatoms. The van der Waals surface area contributed by atoms with E-state index in [1.54, 1.807) is 6.92 Å². The van der Waals surface area contributed by atoms with Crippen molar-refractivity contribution < 1.29 is 19.1 Å². The predicted molar refractivity (Wildman–Crippen MR) is 59.5 cm³/mol. The quantitative estimate of drug-likeness (QED) is 0.635. The van der Waals surface area contributed by atoms with Crippen molar-refractivity contribution >= 4 is 24.3 Å². The molecule has 0 aliphatic carbocycles. The van der Waals surface area contributed by atoms with Crippen molar-refractivity contribution in [2.45, 2.75) is 19.1 Å². The highest BCUT2D eigenvalue weighted by atomic mass is 35.5. The van der Waals surface area contributed by atoms with Crippen molar-refractivity contribution in [2.24, 2.45) is 0 Å². The predicted octanol–water partition coefficient (Wildman–Crippen LogP) is -0.926. The first-order valence-corrected chi connectivity index (χ1v) is 4.85. The standard InChI is InChI=1S/C9H16N2O4.ClH/c1-6(9(13)14-2)11-8(12)7-5-10-3-4-15-7;/h6-7,10H,3-5H2,1-2H3,(H,11,12);1H/t6-,7?;/m1./s1. The van der Waals surface area contributed by atoms with Crippen molar-refractivity contribution in [3.05, 3.63) is 0 Å². The van der Waals surface area contributed by atoms with Gasteiger partial charge in [-0.3, -0.25) is 4.79 Å². The van der Waals surface area contributed by atoms with Crippen LogP contribution in [-0.2, 0) is 19.1 Å². The molecule has 6 nitrogen and oxygen atoms in total. The van der Waals surface area contributed by atoms with Crippen molar-refractivity contribution in [2.75, 3.05) is 26.8 Å². The Morgan fingerprint density at radius 1 is 1.56 bits per heavy atom. The van der Waals surface area contributed by atoms with E-state index in [4.69, 9.17) is 4.74 Å². The summed E-state index contributed by atoms with van der Waals surface area (Å²) in [5.41, 5.74) is 0. The molecule has 1 aliphatic rings. The number of hydrogen-bond acceptors (Lipinski definition) is 5. The minimum absolute atomic E-state index is 0. The molecule has 1 saturated heterocycles. The van der Waals surface area contributed by atoms with E-state index in [-0.39, 0.29) is 18.3 Å².